The first kappa shape index (κ1) is 20.3. The van der Waals surface area contributed by atoms with E-state index in [2.05, 4.69) is 21.2 Å². The van der Waals surface area contributed by atoms with Gasteiger partial charge in [-0.3, -0.25) is 14.4 Å². The van der Waals surface area contributed by atoms with Crippen LogP contribution in [0.15, 0.2) is 23.3 Å². The zero-order valence-corrected chi connectivity index (χ0v) is 14.9. The number of nitrogens with zero attached hydrogens (tertiary/aromatic N) is 1. The monoisotopic (exact) mass is 348 g/mol. The maximum Gasteiger partial charge on any atom is 0.329 e. The summed E-state index contributed by atoms with van der Waals surface area (Å²) in [7, 11) is 1.49. The Hall–Kier alpha value is -2.74. The third-order valence-corrected chi connectivity index (χ3v) is 3.35. The Morgan fingerprint density at radius 3 is 2.48 bits per heavy atom. The largest absolute Gasteiger partial charge is 0.383 e. The van der Waals surface area contributed by atoms with Crippen LogP contribution in [0.25, 0.3) is 0 Å². The summed E-state index contributed by atoms with van der Waals surface area (Å²) in [4.78, 5) is 34.9. The minimum absolute atomic E-state index is 0.00149. The lowest BCUT2D eigenvalue weighted by Gasteiger charge is -2.08. The SMILES string of the molecule is COCCNC(=O)C(=O)N/N=C(\C)CC(=O)Nc1ccc(C)c(C)c1. The number of ether oxygens (including phenoxy) is 1. The number of carbonyl (C=O) groups excluding carboxylic acids is 3. The number of amides is 3. The molecule has 136 valence electrons. The average Bonchev–Trinajstić information content (AvgIpc) is 2.56. The fourth-order valence-corrected chi connectivity index (χ4v) is 1.84. The molecule has 1 rings (SSSR count). The van der Waals surface area contributed by atoms with Crippen molar-refractivity contribution in [3.8, 4) is 0 Å². The third kappa shape index (κ3) is 7.58. The molecule has 0 saturated carbocycles. The minimum Gasteiger partial charge on any atom is -0.383 e. The lowest BCUT2D eigenvalue weighted by molar-refractivity contribution is -0.139. The van der Waals surface area contributed by atoms with Gasteiger partial charge >= 0.3 is 11.8 Å². The van der Waals surface area contributed by atoms with Crippen LogP contribution in [0.1, 0.15) is 24.5 Å². The molecule has 3 amide bonds. The fraction of sp³-hybridized carbons (Fsp3) is 0.412. The van der Waals surface area contributed by atoms with E-state index in [0.717, 1.165) is 11.1 Å². The lowest BCUT2D eigenvalue weighted by atomic mass is 10.1. The van der Waals surface area contributed by atoms with Gasteiger partial charge in [-0.15, -0.1) is 0 Å². The molecule has 0 aliphatic heterocycles. The van der Waals surface area contributed by atoms with Crippen molar-refractivity contribution in [3.05, 3.63) is 29.3 Å². The first-order chi connectivity index (χ1) is 11.8. The van der Waals surface area contributed by atoms with Gasteiger partial charge in [-0.2, -0.15) is 5.10 Å². The van der Waals surface area contributed by atoms with Crippen molar-refractivity contribution in [2.45, 2.75) is 27.2 Å². The van der Waals surface area contributed by atoms with Crippen LogP contribution in [-0.4, -0.2) is 43.7 Å². The summed E-state index contributed by atoms with van der Waals surface area (Å²) in [6.45, 7) is 6.07. The molecule has 1 aromatic carbocycles. The molecule has 0 unspecified atom stereocenters. The maximum absolute atomic E-state index is 12.0. The van der Waals surface area contributed by atoms with Crippen LogP contribution in [0, 0.1) is 13.8 Å². The van der Waals surface area contributed by atoms with Crippen molar-refractivity contribution >= 4 is 29.1 Å². The van der Waals surface area contributed by atoms with Crippen LogP contribution >= 0.6 is 0 Å². The van der Waals surface area contributed by atoms with Gasteiger partial charge in [0.15, 0.2) is 0 Å². The van der Waals surface area contributed by atoms with E-state index in [-0.39, 0.29) is 18.9 Å². The van der Waals surface area contributed by atoms with E-state index >= 15 is 0 Å². The molecule has 25 heavy (non-hydrogen) atoms. The van der Waals surface area contributed by atoms with E-state index in [4.69, 9.17) is 4.74 Å². The standard InChI is InChI=1S/C17H24N4O4/c1-11-5-6-14(9-12(11)2)19-15(22)10-13(3)20-21-17(24)16(23)18-7-8-25-4/h5-6,9H,7-8,10H2,1-4H3,(H,18,23)(H,19,22)(H,21,24)/b20-13+. The smallest absolute Gasteiger partial charge is 0.329 e. The number of aryl methyl sites for hydroxylation is 2. The number of methoxy groups -OCH3 is 1. The molecular formula is C17H24N4O4. The van der Waals surface area contributed by atoms with E-state index in [1.807, 2.05) is 32.0 Å². The summed E-state index contributed by atoms with van der Waals surface area (Å²) in [5, 5.41) is 8.88. The van der Waals surface area contributed by atoms with Crippen molar-refractivity contribution in [1.29, 1.82) is 0 Å². The summed E-state index contributed by atoms with van der Waals surface area (Å²) in [5.74, 6) is -1.97. The minimum atomic E-state index is -0.898. The van der Waals surface area contributed by atoms with Gasteiger partial charge in [-0.05, 0) is 44.0 Å². The average molecular weight is 348 g/mol. The molecule has 0 bridgehead atoms. The van der Waals surface area contributed by atoms with Gasteiger partial charge in [0.2, 0.25) is 5.91 Å². The molecule has 0 aromatic heterocycles. The van der Waals surface area contributed by atoms with Crippen molar-refractivity contribution in [2.75, 3.05) is 25.6 Å². The van der Waals surface area contributed by atoms with E-state index in [1.54, 1.807) is 6.92 Å². The quantitative estimate of drug-likeness (QED) is 0.294. The first-order valence-corrected chi connectivity index (χ1v) is 7.81. The molecule has 0 spiro atoms. The number of hydrazone groups is 1. The van der Waals surface area contributed by atoms with Gasteiger partial charge in [-0.25, -0.2) is 5.43 Å². The van der Waals surface area contributed by atoms with E-state index in [0.29, 0.717) is 18.0 Å². The van der Waals surface area contributed by atoms with Crippen molar-refractivity contribution < 1.29 is 19.1 Å². The Labute approximate surface area is 147 Å². The lowest BCUT2D eigenvalue weighted by Crippen LogP contribution is -2.39. The molecular weight excluding hydrogens is 324 g/mol. The summed E-state index contributed by atoms with van der Waals surface area (Å²) in [6.07, 6.45) is -0.00149. The molecule has 0 atom stereocenters. The second kappa shape index (κ2) is 10.2. The Morgan fingerprint density at radius 1 is 1.12 bits per heavy atom. The summed E-state index contributed by atoms with van der Waals surface area (Å²) < 4.78 is 4.76. The Bertz CT molecular complexity index is 671. The van der Waals surface area contributed by atoms with Crippen LogP contribution in [0.2, 0.25) is 0 Å². The highest BCUT2D eigenvalue weighted by Crippen LogP contribution is 2.14. The molecule has 3 N–H and O–H groups in total. The van der Waals surface area contributed by atoms with E-state index in [1.165, 1.54) is 7.11 Å². The van der Waals surface area contributed by atoms with Crippen LogP contribution in [0.5, 0.6) is 0 Å². The highest BCUT2D eigenvalue weighted by Gasteiger charge is 2.12. The third-order valence-electron chi connectivity index (χ3n) is 3.35. The Kier molecular flexibility index (Phi) is 8.28. The van der Waals surface area contributed by atoms with Gasteiger partial charge in [0.25, 0.3) is 0 Å². The molecule has 8 heteroatoms. The van der Waals surface area contributed by atoms with Gasteiger partial charge in [-0.1, -0.05) is 6.07 Å². The molecule has 0 aliphatic carbocycles. The van der Waals surface area contributed by atoms with Gasteiger partial charge < -0.3 is 15.4 Å². The Morgan fingerprint density at radius 2 is 1.84 bits per heavy atom. The van der Waals surface area contributed by atoms with Crippen molar-refractivity contribution in [2.24, 2.45) is 5.10 Å². The predicted octanol–water partition coefficient (Wildman–Crippen LogP) is 0.887. The van der Waals surface area contributed by atoms with Crippen LogP contribution in [-0.2, 0) is 19.1 Å². The second-order valence-corrected chi connectivity index (χ2v) is 5.56. The van der Waals surface area contributed by atoms with Crippen molar-refractivity contribution in [3.63, 3.8) is 0 Å². The highest BCUT2D eigenvalue weighted by atomic mass is 16.5. The molecule has 0 fully saturated rings. The van der Waals surface area contributed by atoms with Crippen LogP contribution in [0.3, 0.4) is 0 Å². The zero-order chi connectivity index (χ0) is 18.8. The number of rotatable bonds is 7. The second-order valence-electron chi connectivity index (χ2n) is 5.56. The van der Waals surface area contributed by atoms with Gasteiger partial charge in [0.05, 0.1) is 13.0 Å². The van der Waals surface area contributed by atoms with E-state index < -0.39 is 11.8 Å². The zero-order valence-electron chi connectivity index (χ0n) is 14.9. The van der Waals surface area contributed by atoms with E-state index in [9.17, 15) is 14.4 Å². The van der Waals surface area contributed by atoms with Crippen LogP contribution < -0.4 is 16.1 Å². The number of carbonyl (C=O) groups is 3. The summed E-state index contributed by atoms with van der Waals surface area (Å²) >= 11 is 0. The number of benzene rings is 1. The number of anilines is 1. The number of nitrogens with one attached hydrogen (secondary N) is 3. The van der Waals surface area contributed by atoms with Gasteiger partial charge in [0, 0.05) is 25.1 Å². The number of hydrogen-bond donors (Lipinski definition) is 3. The Balaban J connectivity index is 2.45. The molecule has 0 saturated heterocycles. The first-order valence-electron chi connectivity index (χ1n) is 7.81. The fourth-order valence-electron chi connectivity index (χ4n) is 1.84. The van der Waals surface area contributed by atoms with Gasteiger partial charge in [0.1, 0.15) is 0 Å². The summed E-state index contributed by atoms with van der Waals surface area (Å²) in [6, 6.07) is 5.62. The van der Waals surface area contributed by atoms with Crippen LogP contribution in [0.4, 0.5) is 5.69 Å². The normalized spacial score (nSPS) is 11.0. The predicted molar refractivity (Wildman–Crippen MR) is 95.3 cm³/mol. The summed E-state index contributed by atoms with van der Waals surface area (Å²) in [5.41, 5.74) is 5.40. The molecule has 8 nitrogen and oxygen atoms in total. The highest BCUT2D eigenvalue weighted by molar-refractivity contribution is 6.35. The van der Waals surface area contributed by atoms with Crippen molar-refractivity contribution in [1.82, 2.24) is 10.7 Å². The number of hydrogen-bond acceptors (Lipinski definition) is 5. The molecule has 0 heterocycles. The molecule has 0 radical (unpaired) electrons. The maximum atomic E-state index is 12.0. The molecule has 0 aliphatic rings. The topological polar surface area (TPSA) is 109 Å². The molecule has 1 aromatic rings.